The van der Waals surface area contributed by atoms with Gasteiger partial charge in [-0.15, -0.1) is 11.6 Å². The lowest BCUT2D eigenvalue weighted by atomic mass is 10.2. The average molecular weight is 295 g/mol. The van der Waals surface area contributed by atoms with E-state index in [-0.39, 0.29) is 11.7 Å². The summed E-state index contributed by atoms with van der Waals surface area (Å²) >= 11 is 5.73. The average Bonchev–Trinajstić information content (AvgIpc) is 2.45. The topological polar surface area (TPSA) is 18.5 Å². The summed E-state index contributed by atoms with van der Waals surface area (Å²) in [6.07, 6.45) is 0.907. The van der Waals surface area contributed by atoms with Crippen LogP contribution >= 0.6 is 11.6 Å². The van der Waals surface area contributed by atoms with E-state index in [1.165, 1.54) is 12.1 Å². The largest absolute Gasteiger partial charge is 0.490 e. The summed E-state index contributed by atoms with van der Waals surface area (Å²) in [6.45, 7) is 2.64. The minimum atomic E-state index is -0.370. The van der Waals surface area contributed by atoms with Crippen LogP contribution in [0.25, 0.3) is 0 Å². The van der Waals surface area contributed by atoms with E-state index in [2.05, 4.69) is 0 Å². The van der Waals surface area contributed by atoms with Gasteiger partial charge in [0.25, 0.3) is 0 Å². The van der Waals surface area contributed by atoms with E-state index >= 15 is 0 Å². The second kappa shape index (κ2) is 7.15. The van der Waals surface area contributed by atoms with E-state index in [9.17, 15) is 4.39 Å². The number of hydrogen-bond acceptors (Lipinski definition) is 2. The van der Waals surface area contributed by atoms with Crippen molar-refractivity contribution in [2.24, 2.45) is 0 Å². The Labute approximate surface area is 123 Å². The third-order valence-corrected chi connectivity index (χ3v) is 2.93. The number of rotatable bonds is 6. The first kappa shape index (κ1) is 14.7. The normalized spacial score (nSPS) is 10.3. The molecule has 0 saturated heterocycles. The number of halogens is 2. The molecule has 0 aliphatic carbocycles. The molecule has 2 rings (SSSR count). The molecule has 106 valence electrons. The van der Waals surface area contributed by atoms with Gasteiger partial charge in [-0.05, 0) is 36.2 Å². The Morgan fingerprint density at radius 3 is 2.55 bits per heavy atom. The summed E-state index contributed by atoms with van der Waals surface area (Å²) in [6, 6.07) is 11.8. The van der Waals surface area contributed by atoms with Crippen LogP contribution in [-0.2, 0) is 5.88 Å². The summed E-state index contributed by atoms with van der Waals surface area (Å²) < 4.78 is 24.8. The number of alkyl halides is 1. The van der Waals surface area contributed by atoms with E-state index < -0.39 is 0 Å². The number of para-hydroxylation sites is 2. The fraction of sp³-hybridized carbons (Fsp3) is 0.250. The summed E-state index contributed by atoms with van der Waals surface area (Å²) in [5.74, 6) is 1.48. The van der Waals surface area contributed by atoms with Gasteiger partial charge >= 0.3 is 0 Å². The van der Waals surface area contributed by atoms with Crippen molar-refractivity contribution in [2.75, 3.05) is 6.61 Å². The standard InChI is InChI=1S/C16H16ClFO2/c1-2-7-19-15-5-3-4-6-16(15)20-14-9-12(11-17)8-13(18)10-14/h3-6,8-10H,2,7,11H2,1H3. The van der Waals surface area contributed by atoms with Crippen molar-refractivity contribution >= 4 is 11.6 Å². The SMILES string of the molecule is CCCOc1ccccc1Oc1cc(F)cc(CCl)c1. The minimum absolute atomic E-state index is 0.238. The summed E-state index contributed by atoms with van der Waals surface area (Å²) in [4.78, 5) is 0. The molecule has 0 N–H and O–H groups in total. The lowest BCUT2D eigenvalue weighted by molar-refractivity contribution is 0.302. The van der Waals surface area contributed by atoms with Crippen molar-refractivity contribution in [1.29, 1.82) is 0 Å². The highest BCUT2D eigenvalue weighted by atomic mass is 35.5. The van der Waals surface area contributed by atoms with Crippen LogP contribution < -0.4 is 9.47 Å². The molecule has 0 radical (unpaired) electrons. The van der Waals surface area contributed by atoms with Crippen molar-refractivity contribution in [1.82, 2.24) is 0 Å². The van der Waals surface area contributed by atoms with Crippen molar-refractivity contribution in [3.63, 3.8) is 0 Å². The molecule has 2 aromatic carbocycles. The smallest absolute Gasteiger partial charge is 0.169 e. The van der Waals surface area contributed by atoms with Crippen LogP contribution in [0, 0.1) is 5.82 Å². The molecule has 0 aromatic heterocycles. The third kappa shape index (κ3) is 3.87. The molecule has 0 heterocycles. The van der Waals surface area contributed by atoms with E-state index in [1.54, 1.807) is 12.1 Å². The maximum absolute atomic E-state index is 13.5. The predicted molar refractivity (Wildman–Crippen MR) is 78.3 cm³/mol. The van der Waals surface area contributed by atoms with Gasteiger partial charge < -0.3 is 9.47 Å². The van der Waals surface area contributed by atoms with Crippen LogP contribution in [0.15, 0.2) is 42.5 Å². The zero-order valence-electron chi connectivity index (χ0n) is 11.2. The summed E-state index contributed by atoms with van der Waals surface area (Å²) in [7, 11) is 0. The highest BCUT2D eigenvalue weighted by Crippen LogP contribution is 2.32. The van der Waals surface area contributed by atoms with Gasteiger partial charge in [0.2, 0.25) is 0 Å². The maximum Gasteiger partial charge on any atom is 0.169 e. The molecule has 2 aromatic rings. The first-order valence-corrected chi connectivity index (χ1v) is 7.01. The Hall–Kier alpha value is -1.74. The van der Waals surface area contributed by atoms with Crippen molar-refractivity contribution in [2.45, 2.75) is 19.2 Å². The second-order valence-corrected chi connectivity index (χ2v) is 4.59. The van der Waals surface area contributed by atoms with Crippen LogP contribution in [0.3, 0.4) is 0 Å². The first-order chi connectivity index (χ1) is 9.72. The van der Waals surface area contributed by atoms with Gasteiger partial charge in [0.1, 0.15) is 11.6 Å². The second-order valence-electron chi connectivity index (χ2n) is 4.33. The van der Waals surface area contributed by atoms with Gasteiger partial charge in [0, 0.05) is 11.9 Å². The molecule has 0 aliphatic heterocycles. The third-order valence-electron chi connectivity index (χ3n) is 2.62. The van der Waals surface area contributed by atoms with Crippen molar-refractivity contribution < 1.29 is 13.9 Å². The molecule has 0 atom stereocenters. The van der Waals surface area contributed by atoms with Gasteiger partial charge in [-0.1, -0.05) is 19.1 Å². The highest BCUT2D eigenvalue weighted by molar-refractivity contribution is 6.17. The molecule has 2 nitrogen and oxygen atoms in total. The predicted octanol–water partition coefficient (Wildman–Crippen LogP) is 5.15. The Kier molecular flexibility index (Phi) is 5.24. The number of ether oxygens (including phenoxy) is 2. The zero-order valence-corrected chi connectivity index (χ0v) is 12.0. The van der Waals surface area contributed by atoms with E-state index in [4.69, 9.17) is 21.1 Å². The molecule has 0 spiro atoms. The Morgan fingerprint density at radius 1 is 1.10 bits per heavy atom. The molecule has 0 amide bonds. The Morgan fingerprint density at radius 2 is 1.85 bits per heavy atom. The summed E-state index contributed by atoms with van der Waals surface area (Å²) in [5, 5.41) is 0. The monoisotopic (exact) mass is 294 g/mol. The van der Waals surface area contributed by atoms with E-state index in [1.807, 2.05) is 25.1 Å². The molecule has 0 bridgehead atoms. The molecule has 0 aliphatic rings. The molecular weight excluding hydrogens is 279 g/mol. The molecule has 20 heavy (non-hydrogen) atoms. The number of hydrogen-bond donors (Lipinski definition) is 0. The van der Waals surface area contributed by atoms with E-state index in [0.717, 1.165) is 6.42 Å². The molecular formula is C16H16ClFO2. The van der Waals surface area contributed by atoms with Gasteiger partial charge in [-0.3, -0.25) is 0 Å². The molecule has 4 heteroatoms. The maximum atomic E-state index is 13.5. The first-order valence-electron chi connectivity index (χ1n) is 6.48. The van der Waals surface area contributed by atoms with Gasteiger partial charge in [0.15, 0.2) is 11.5 Å². The molecule has 0 saturated carbocycles. The van der Waals surface area contributed by atoms with Crippen LogP contribution in [0.4, 0.5) is 4.39 Å². The highest BCUT2D eigenvalue weighted by Gasteiger charge is 2.07. The van der Waals surface area contributed by atoms with Crippen molar-refractivity contribution in [3.8, 4) is 17.2 Å². The van der Waals surface area contributed by atoms with Crippen LogP contribution in [-0.4, -0.2) is 6.61 Å². The Balaban J connectivity index is 2.23. The van der Waals surface area contributed by atoms with Gasteiger partial charge in [0.05, 0.1) is 6.61 Å². The zero-order chi connectivity index (χ0) is 14.4. The minimum Gasteiger partial charge on any atom is -0.490 e. The van der Waals surface area contributed by atoms with Crippen LogP contribution in [0.5, 0.6) is 17.2 Å². The Bertz CT molecular complexity index is 572. The van der Waals surface area contributed by atoms with Crippen molar-refractivity contribution in [3.05, 3.63) is 53.8 Å². The fourth-order valence-corrected chi connectivity index (χ4v) is 1.90. The fourth-order valence-electron chi connectivity index (χ4n) is 1.75. The van der Waals surface area contributed by atoms with Gasteiger partial charge in [-0.2, -0.15) is 0 Å². The summed E-state index contributed by atoms with van der Waals surface area (Å²) in [5.41, 5.74) is 0.675. The van der Waals surface area contributed by atoms with Gasteiger partial charge in [-0.25, -0.2) is 4.39 Å². The molecule has 0 unspecified atom stereocenters. The number of benzene rings is 2. The lowest BCUT2D eigenvalue weighted by Gasteiger charge is -2.12. The van der Waals surface area contributed by atoms with E-state index in [0.29, 0.717) is 29.4 Å². The quantitative estimate of drug-likeness (QED) is 0.686. The van der Waals surface area contributed by atoms with Crippen LogP contribution in [0.2, 0.25) is 0 Å². The molecule has 0 fully saturated rings. The van der Waals surface area contributed by atoms with Crippen LogP contribution in [0.1, 0.15) is 18.9 Å². The lowest BCUT2D eigenvalue weighted by Crippen LogP contribution is -1.97.